The Kier molecular flexibility index (Phi) is 6.99. The monoisotopic (exact) mass is 562 g/mol. The van der Waals surface area contributed by atoms with E-state index in [-0.39, 0.29) is 17.9 Å². The molecule has 6 rings (SSSR count). The van der Waals surface area contributed by atoms with Crippen LogP contribution in [-0.4, -0.2) is 94.8 Å². The number of anilines is 2. The number of rotatable bonds is 5. The Morgan fingerprint density at radius 2 is 1.93 bits per heavy atom. The largest absolute Gasteiger partial charge is 0.352 e. The molecule has 0 radical (unpaired) electrons. The minimum absolute atomic E-state index is 0.00933. The molecular weight excluding hydrogens is 524 g/mol. The Hall–Kier alpha value is -3.17. The summed E-state index contributed by atoms with van der Waals surface area (Å²) in [6.45, 7) is 14.1. The van der Waals surface area contributed by atoms with E-state index in [0.717, 1.165) is 78.0 Å². The fourth-order valence-electron chi connectivity index (χ4n) is 6.68. The highest BCUT2D eigenvalue weighted by Crippen LogP contribution is 2.45. The number of nitrogens with zero attached hydrogens (tertiary/aromatic N) is 7. The lowest BCUT2D eigenvalue weighted by atomic mass is 9.74. The molecule has 2 fully saturated rings. The topological polar surface area (TPSA) is 84.5 Å². The standard InChI is InChI=1S/C30H39ClN8O/c1-7-26(40)39-9-8-37(14-19(39)4)29-22-10-17(2)21(27-23-13-32-35-25(23)11-18(3)28(27)31)12-24(22)33-30(34-29)38-15-20(16-38)36(5)6/h7,11,13,17,19-21H,1,8-10,12,14-16H2,2-6H3,(H,32,35)/t17-,19-,21?/m1/s1. The number of nitrogens with one attached hydrogen (secondary N) is 1. The van der Waals surface area contributed by atoms with Crippen LogP contribution in [-0.2, 0) is 17.6 Å². The van der Waals surface area contributed by atoms with Gasteiger partial charge in [0, 0.05) is 60.8 Å². The molecule has 0 bridgehead atoms. The Labute approximate surface area is 241 Å². The smallest absolute Gasteiger partial charge is 0.246 e. The molecule has 3 aromatic rings. The van der Waals surface area contributed by atoms with E-state index in [2.05, 4.69) is 72.4 Å². The van der Waals surface area contributed by atoms with E-state index in [1.807, 2.05) is 11.1 Å². The molecule has 40 heavy (non-hydrogen) atoms. The van der Waals surface area contributed by atoms with Crippen LogP contribution in [0.2, 0.25) is 5.02 Å². The van der Waals surface area contributed by atoms with Gasteiger partial charge < -0.3 is 19.6 Å². The Balaban J connectivity index is 1.39. The van der Waals surface area contributed by atoms with Gasteiger partial charge in [-0.25, -0.2) is 4.98 Å². The fraction of sp³-hybridized carbons (Fsp3) is 0.533. The molecule has 1 aliphatic carbocycles. The summed E-state index contributed by atoms with van der Waals surface area (Å²) in [6.07, 6.45) is 5.00. The van der Waals surface area contributed by atoms with Crippen molar-refractivity contribution in [2.45, 2.75) is 51.6 Å². The number of H-pyrrole nitrogens is 1. The molecule has 2 aliphatic heterocycles. The van der Waals surface area contributed by atoms with Crippen LogP contribution in [0.4, 0.5) is 11.8 Å². The number of carbonyl (C=O) groups is 1. The zero-order valence-electron chi connectivity index (χ0n) is 24.1. The van der Waals surface area contributed by atoms with Crippen molar-refractivity contribution in [3.8, 4) is 0 Å². The maximum Gasteiger partial charge on any atom is 0.246 e. The van der Waals surface area contributed by atoms with Gasteiger partial charge in [0.1, 0.15) is 5.82 Å². The van der Waals surface area contributed by atoms with Crippen LogP contribution in [0, 0.1) is 12.8 Å². The summed E-state index contributed by atoms with van der Waals surface area (Å²) in [5.74, 6) is 2.40. The molecule has 0 spiro atoms. The predicted molar refractivity (Wildman–Crippen MR) is 160 cm³/mol. The summed E-state index contributed by atoms with van der Waals surface area (Å²) in [4.78, 5) is 31.7. The molecular formula is C30H39ClN8O. The first-order valence-electron chi connectivity index (χ1n) is 14.3. The van der Waals surface area contributed by atoms with Gasteiger partial charge >= 0.3 is 0 Å². The average Bonchev–Trinajstić information content (AvgIpc) is 3.35. The molecule has 2 aromatic heterocycles. The van der Waals surface area contributed by atoms with Crippen molar-refractivity contribution in [2.75, 3.05) is 56.6 Å². The van der Waals surface area contributed by atoms with Crippen LogP contribution >= 0.6 is 11.6 Å². The second-order valence-corrected chi connectivity index (χ2v) is 12.4. The summed E-state index contributed by atoms with van der Waals surface area (Å²) in [7, 11) is 4.25. The number of aryl methyl sites for hydroxylation is 1. The highest BCUT2D eigenvalue weighted by Gasteiger charge is 2.38. The minimum Gasteiger partial charge on any atom is -0.352 e. The summed E-state index contributed by atoms with van der Waals surface area (Å²) in [6, 6.07) is 2.66. The van der Waals surface area contributed by atoms with Gasteiger partial charge in [0.05, 0.1) is 17.4 Å². The van der Waals surface area contributed by atoms with Gasteiger partial charge in [-0.2, -0.15) is 10.1 Å². The van der Waals surface area contributed by atoms with Crippen molar-refractivity contribution >= 4 is 40.2 Å². The van der Waals surface area contributed by atoms with E-state index >= 15 is 0 Å². The molecule has 1 aromatic carbocycles. The third-order valence-corrected chi connectivity index (χ3v) is 9.72. The summed E-state index contributed by atoms with van der Waals surface area (Å²) >= 11 is 7.00. The van der Waals surface area contributed by atoms with E-state index in [0.29, 0.717) is 18.5 Å². The molecule has 9 nitrogen and oxygen atoms in total. The zero-order chi connectivity index (χ0) is 28.3. The third kappa shape index (κ3) is 4.53. The number of aromatic amines is 1. The quantitative estimate of drug-likeness (QED) is 0.473. The summed E-state index contributed by atoms with van der Waals surface area (Å²) < 4.78 is 0. The number of amides is 1. The second kappa shape index (κ2) is 10.3. The van der Waals surface area contributed by atoms with Gasteiger partial charge in [0.15, 0.2) is 0 Å². The Morgan fingerprint density at radius 1 is 1.15 bits per heavy atom. The van der Waals surface area contributed by atoms with E-state index in [4.69, 9.17) is 21.6 Å². The molecule has 1 unspecified atom stereocenters. The van der Waals surface area contributed by atoms with E-state index in [1.165, 1.54) is 17.2 Å². The molecule has 3 aliphatic rings. The van der Waals surface area contributed by atoms with Crippen molar-refractivity contribution in [1.82, 2.24) is 30.0 Å². The number of likely N-dealkylation sites (N-methyl/N-ethyl adjacent to an activating group) is 1. The van der Waals surface area contributed by atoms with Crippen molar-refractivity contribution in [2.24, 2.45) is 5.92 Å². The number of carbonyl (C=O) groups excluding carboxylic acids is 1. The SMILES string of the molecule is C=CC(=O)N1CCN(c2nc(N3CC(N(C)C)C3)nc3c2C[C@@H](C)C(c2c(Cl)c(C)cc4[nH]ncc24)C3)C[C@H]1C. The first-order chi connectivity index (χ1) is 19.2. The Bertz CT molecular complexity index is 1460. The number of benzene rings is 1. The highest BCUT2D eigenvalue weighted by atomic mass is 35.5. The number of aromatic nitrogens is 4. The van der Waals surface area contributed by atoms with Gasteiger partial charge in [0.25, 0.3) is 0 Å². The zero-order valence-corrected chi connectivity index (χ0v) is 24.9. The lowest BCUT2D eigenvalue weighted by Gasteiger charge is -2.45. The van der Waals surface area contributed by atoms with Crippen molar-refractivity contribution in [3.63, 3.8) is 0 Å². The average molecular weight is 563 g/mol. The molecule has 4 heterocycles. The van der Waals surface area contributed by atoms with Gasteiger partial charge in [0.2, 0.25) is 11.9 Å². The molecule has 1 amide bonds. The lowest BCUT2D eigenvalue weighted by molar-refractivity contribution is -0.128. The van der Waals surface area contributed by atoms with Crippen LogP contribution in [0.1, 0.15) is 42.1 Å². The van der Waals surface area contributed by atoms with E-state index < -0.39 is 0 Å². The highest BCUT2D eigenvalue weighted by molar-refractivity contribution is 6.33. The van der Waals surface area contributed by atoms with Gasteiger partial charge in [-0.3, -0.25) is 9.89 Å². The first kappa shape index (κ1) is 27.0. The van der Waals surface area contributed by atoms with Crippen molar-refractivity contribution in [3.05, 3.63) is 52.3 Å². The van der Waals surface area contributed by atoms with Crippen LogP contribution in [0.5, 0.6) is 0 Å². The molecule has 0 saturated carbocycles. The first-order valence-corrected chi connectivity index (χ1v) is 14.6. The van der Waals surface area contributed by atoms with Crippen molar-refractivity contribution in [1.29, 1.82) is 0 Å². The minimum atomic E-state index is -0.00933. The molecule has 10 heteroatoms. The number of fused-ring (bicyclic) bond motifs is 2. The molecule has 2 saturated heterocycles. The second-order valence-electron chi connectivity index (χ2n) is 12.1. The molecule has 3 atom stereocenters. The predicted octanol–water partition coefficient (Wildman–Crippen LogP) is 3.81. The van der Waals surface area contributed by atoms with E-state index in [1.54, 1.807) is 0 Å². The summed E-state index contributed by atoms with van der Waals surface area (Å²) in [5.41, 5.74) is 5.61. The summed E-state index contributed by atoms with van der Waals surface area (Å²) in [5, 5.41) is 9.40. The molecule has 212 valence electrons. The van der Waals surface area contributed by atoms with Gasteiger partial charge in [-0.15, -0.1) is 0 Å². The van der Waals surface area contributed by atoms with Crippen LogP contribution in [0.15, 0.2) is 24.9 Å². The Morgan fingerprint density at radius 3 is 2.62 bits per heavy atom. The van der Waals surface area contributed by atoms with Gasteiger partial charge in [-0.1, -0.05) is 25.1 Å². The number of hydrogen-bond donors (Lipinski definition) is 1. The molecule has 1 N–H and O–H groups in total. The van der Waals surface area contributed by atoms with Crippen LogP contribution in [0.25, 0.3) is 10.9 Å². The maximum absolute atomic E-state index is 12.4. The fourth-order valence-corrected chi connectivity index (χ4v) is 6.98. The van der Waals surface area contributed by atoms with Crippen LogP contribution < -0.4 is 9.80 Å². The lowest BCUT2D eigenvalue weighted by Crippen LogP contribution is -2.58. The number of halogens is 1. The number of piperazine rings is 1. The van der Waals surface area contributed by atoms with Crippen LogP contribution in [0.3, 0.4) is 0 Å². The number of hydrogen-bond acceptors (Lipinski definition) is 7. The van der Waals surface area contributed by atoms with E-state index in [9.17, 15) is 4.79 Å². The van der Waals surface area contributed by atoms with Crippen molar-refractivity contribution < 1.29 is 4.79 Å². The normalized spacial score (nSPS) is 23.5. The van der Waals surface area contributed by atoms with Gasteiger partial charge in [-0.05, 0) is 75.9 Å². The maximum atomic E-state index is 12.4. The third-order valence-electron chi connectivity index (χ3n) is 9.22.